The third-order valence-electron chi connectivity index (χ3n) is 1.78. The third-order valence-corrected chi connectivity index (χ3v) is 1.78. The van der Waals surface area contributed by atoms with E-state index < -0.39 is 0 Å². The highest BCUT2D eigenvalue weighted by Crippen LogP contribution is 2.09. The van der Waals surface area contributed by atoms with Crippen molar-refractivity contribution < 1.29 is 4.79 Å². The summed E-state index contributed by atoms with van der Waals surface area (Å²) in [6.45, 7) is 4.66. The van der Waals surface area contributed by atoms with E-state index in [1.807, 2.05) is 0 Å². The summed E-state index contributed by atoms with van der Waals surface area (Å²) in [5.41, 5.74) is 1.21. The van der Waals surface area contributed by atoms with Crippen molar-refractivity contribution in [2.45, 2.75) is 26.7 Å². The zero-order valence-electron chi connectivity index (χ0n) is 6.55. The number of ketones is 1. The van der Waals surface area contributed by atoms with Crippen LogP contribution in [0.3, 0.4) is 0 Å². The fraction of sp³-hybridized carbons (Fsp3) is 0.750. The monoisotopic (exact) mass is 139 g/mol. The average molecular weight is 139 g/mol. The Morgan fingerprint density at radius 3 is 2.50 bits per heavy atom. The minimum Gasteiger partial charge on any atom is -0.298 e. The van der Waals surface area contributed by atoms with Crippen LogP contribution >= 0.6 is 0 Å². The van der Waals surface area contributed by atoms with Crippen LogP contribution < -0.4 is 0 Å². The first-order valence-electron chi connectivity index (χ1n) is 3.75. The van der Waals surface area contributed by atoms with E-state index in [9.17, 15) is 4.79 Å². The smallest absolute Gasteiger partial charge is 0.154 e. The highest BCUT2D eigenvalue weighted by Gasteiger charge is 2.13. The Morgan fingerprint density at radius 1 is 1.40 bits per heavy atom. The molecule has 2 heteroatoms. The number of carbonyl (C=O) groups excluding carboxylic acids is 1. The van der Waals surface area contributed by atoms with E-state index in [-0.39, 0.29) is 5.78 Å². The van der Waals surface area contributed by atoms with E-state index in [4.69, 9.17) is 0 Å². The highest BCUT2D eigenvalue weighted by molar-refractivity contribution is 5.95. The van der Waals surface area contributed by atoms with Crippen LogP contribution in [0, 0.1) is 5.92 Å². The van der Waals surface area contributed by atoms with Gasteiger partial charge in [0, 0.05) is 12.1 Å². The van der Waals surface area contributed by atoms with Crippen molar-refractivity contribution in [2.24, 2.45) is 10.9 Å². The van der Waals surface area contributed by atoms with E-state index in [2.05, 4.69) is 18.8 Å². The molecule has 0 saturated heterocycles. The summed E-state index contributed by atoms with van der Waals surface area (Å²) in [4.78, 5) is 14.9. The van der Waals surface area contributed by atoms with Gasteiger partial charge in [-0.2, -0.15) is 0 Å². The average Bonchev–Trinajstić information content (AvgIpc) is 1.88. The molecular weight excluding hydrogens is 126 g/mol. The van der Waals surface area contributed by atoms with Crippen LogP contribution in [0.1, 0.15) is 26.7 Å². The summed E-state index contributed by atoms with van der Waals surface area (Å²) in [6.07, 6.45) is 1.59. The summed E-state index contributed by atoms with van der Waals surface area (Å²) in [6, 6.07) is 0. The molecular formula is C8H13NO. The van der Waals surface area contributed by atoms with Gasteiger partial charge in [-0.1, -0.05) is 13.8 Å². The largest absolute Gasteiger partial charge is 0.298 e. The molecule has 0 saturated carbocycles. The maximum absolute atomic E-state index is 10.7. The molecule has 0 bridgehead atoms. The Kier molecular flexibility index (Phi) is 2.20. The molecule has 0 aromatic carbocycles. The van der Waals surface area contributed by atoms with Gasteiger partial charge < -0.3 is 0 Å². The lowest BCUT2D eigenvalue weighted by Crippen LogP contribution is -2.18. The lowest BCUT2D eigenvalue weighted by Gasteiger charge is -2.13. The van der Waals surface area contributed by atoms with Crippen LogP contribution in [-0.2, 0) is 4.79 Å². The summed E-state index contributed by atoms with van der Waals surface area (Å²) < 4.78 is 0. The summed E-state index contributed by atoms with van der Waals surface area (Å²) in [5, 5.41) is 0. The van der Waals surface area contributed by atoms with Crippen LogP contribution in [0.25, 0.3) is 0 Å². The molecule has 0 radical (unpaired) electrons. The zero-order chi connectivity index (χ0) is 7.56. The summed E-state index contributed by atoms with van der Waals surface area (Å²) in [7, 11) is 0. The van der Waals surface area contributed by atoms with Gasteiger partial charge >= 0.3 is 0 Å². The SMILES string of the molecule is CC(C)C1=NCC(=O)CC1. The highest BCUT2D eigenvalue weighted by atomic mass is 16.1. The Hall–Kier alpha value is -0.660. The molecule has 1 heterocycles. The third kappa shape index (κ3) is 1.66. The van der Waals surface area contributed by atoms with Gasteiger partial charge in [0.1, 0.15) is 0 Å². The lowest BCUT2D eigenvalue weighted by molar-refractivity contribution is -0.117. The summed E-state index contributed by atoms with van der Waals surface area (Å²) >= 11 is 0. The molecule has 0 spiro atoms. The van der Waals surface area contributed by atoms with Gasteiger partial charge in [-0.05, 0) is 12.3 Å². The van der Waals surface area contributed by atoms with Crippen LogP contribution in [0.15, 0.2) is 4.99 Å². The van der Waals surface area contributed by atoms with Gasteiger partial charge in [0.05, 0.1) is 6.54 Å². The molecule has 1 aliphatic heterocycles. The molecule has 1 rings (SSSR count). The normalized spacial score (nSPS) is 19.5. The van der Waals surface area contributed by atoms with E-state index >= 15 is 0 Å². The second-order valence-corrected chi connectivity index (χ2v) is 3.00. The first-order chi connectivity index (χ1) is 4.70. The number of nitrogens with zero attached hydrogens (tertiary/aromatic N) is 1. The minimum atomic E-state index is 0.282. The molecule has 0 atom stereocenters. The lowest BCUT2D eigenvalue weighted by atomic mass is 9.99. The van der Waals surface area contributed by atoms with Crippen LogP contribution in [0.2, 0.25) is 0 Å². The molecule has 0 unspecified atom stereocenters. The maximum atomic E-state index is 10.7. The molecule has 0 aliphatic carbocycles. The molecule has 0 N–H and O–H groups in total. The topological polar surface area (TPSA) is 29.4 Å². The van der Waals surface area contributed by atoms with Crippen molar-refractivity contribution in [1.82, 2.24) is 0 Å². The van der Waals surface area contributed by atoms with E-state index in [1.54, 1.807) is 0 Å². The Labute approximate surface area is 61.3 Å². The molecule has 0 aromatic rings. The Balaban J connectivity index is 2.56. The molecule has 1 aliphatic rings. The first kappa shape index (κ1) is 7.45. The van der Waals surface area contributed by atoms with Crippen LogP contribution in [0.4, 0.5) is 0 Å². The minimum absolute atomic E-state index is 0.282. The number of rotatable bonds is 1. The molecule has 0 fully saturated rings. The fourth-order valence-corrected chi connectivity index (χ4v) is 1.09. The Bertz CT molecular complexity index is 170. The number of hydrogen-bond acceptors (Lipinski definition) is 2. The van der Waals surface area contributed by atoms with Crippen molar-refractivity contribution in [2.75, 3.05) is 6.54 Å². The van der Waals surface area contributed by atoms with Crippen molar-refractivity contribution in [3.63, 3.8) is 0 Å². The van der Waals surface area contributed by atoms with E-state index in [0.29, 0.717) is 18.9 Å². The van der Waals surface area contributed by atoms with Gasteiger partial charge in [-0.25, -0.2) is 0 Å². The first-order valence-corrected chi connectivity index (χ1v) is 3.75. The summed E-state index contributed by atoms with van der Waals surface area (Å²) in [5.74, 6) is 0.803. The zero-order valence-corrected chi connectivity index (χ0v) is 6.55. The van der Waals surface area contributed by atoms with Crippen molar-refractivity contribution in [1.29, 1.82) is 0 Å². The standard InChI is InChI=1S/C8H13NO/c1-6(2)8-4-3-7(10)5-9-8/h6H,3-5H2,1-2H3. The van der Waals surface area contributed by atoms with Gasteiger partial charge in [0.15, 0.2) is 5.78 Å². The predicted octanol–water partition coefficient (Wildman–Crippen LogP) is 1.45. The van der Waals surface area contributed by atoms with E-state index in [0.717, 1.165) is 6.42 Å². The molecule has 2 nitrogen and oxygen atoms in total. The predicted molar refractivity (Wildman–Crippen MR) is 41.4 cm³/mol. The quantitative estimate of drug-likeness (QED) is 0.540. The molecule has 0 aromatic heterocycles. The van der Waals surface area contributed by atoms with Crippen molar-refractivity contribution >= 4 is 11.5 Å². The van der Waals surface area contributed by atoms with Crippen LogP contribution in [-0.4, -0.2) is 18.0 Å². The van der Waals surface area contributed by atoms with Gasteiger partial charge in [0.25, 0.3) is 0 Å². The molecule has 56 valence electrons. The van der Waals surface area contributed by atoms with E-state index in [1.165, 1.54) is 5.71 Å². The maximum Gasteiger partial charge on any atom is 0.154 e. The number of carbonyl (C=O) groups is 1. The van der Waals surface area contributed by atoms with Gasteiger partial charge in [-0.15, -0.1) is 0 Å². The molecule has 0 amide bonds. The van der Waals surface area contributed by atoms with Gasteiger partial charge in [-0.3, -0.25) is 9.79 Å². The van der Waals surface area contributed by atoms with Crippen LogP contribution in [0.5, 0.6) is 0 Å². The van der Waals surface area contributed by atoms with Crippen molar-refractivity contribution in [3.8, 4) is 0 Å². The molecule has 10 heavy (non-hydrogen) atoms. The second kappa shape index (κ2) is 2.95. The number of Topliss-reactive ketones (excluding diaryl/α,β-unsaturated/α-hetero) is 1. The van der Waals surface area contributed by atoms with Gasteiger partial charge in [0.2, 0.25) is 0 Å². The second-order valence-electron chi connectivity index (χ2n) is 3.00. The number of aliphatic imine (C=N–C) groups is 1. The van der Waals surface area contributed by atoms with Crippen molar-refractivity contribution in [3.05, 3.63) is 0 Å². The fourth-order valence-electron chi connectivity index (χ4n) is 1.09. The Morgan fingerprint density at radius 2 is 2.10 bits per heavy atom. The number of hydrogen-bond donors (Lipinski definition) is 0.